The lowest BCUT2D eigenvalue weighted by Gasteiger charge is -2.10. The molecule has 0 aliphatic carbocycles. The van der Waals surface area contributed by atoms with Crippen LogP contribution in [0.4, 0.5) is 0 Å². The first kappa shape index (κ1) is 10.4. The number of carboxylic acids is 1. The van der Waals surface area contributed by atoms with Crippen LogP contribution in [0, 0.1) is 13.8 Å². The van der Waals surface area contributed by atoms with Gasteiger partial charge in [-0.15, -0.1) is 0 Å². The molecule has 1 rings (SSSR count). The number of carbonyl (C=O) groups is 1. The van der Waals surface area contributed by atoms with Gasteiger partial charge in [0.15, 0.2) is 11.5 Å². The van der Waals surface area contributed by atoms with Crippen LogP contribution < -0.4 is 0 Å². The van der Waals surface area contributed by atoms with Gasteiger partial charge < -0.3 is 15.3 Å². The standard InChI is InChI=1S/C10H12O4/c1-5-6(2)10(14)8(11)3-7(5)4-9(12)13/h3,11,14H,4H2,1-2H3,(H,12,13). The summed E-state index contributed by atoms with van der Waals surface area (Å²) in [7, 11) is 0. The van der Waals surface area contributed by atoms with Gasteiger partial charge in [0, 0.05) is 0 Å². The molecule has 0 aliphatic rings. The molecule has 0 saturated carbocycles. The van der Waals surface area contributed by atoms with E-state index in [1.807, 2.05) is 0 Å². The van der Waals surface area contributed by atoms with E-state index in [-0.39, 0.29) is 17.9 Å². The quantitative estimate of drug-likeness (QED) is 0.624. The maximum atomic E-state index is 10.5. The Morgan fingerprint density at radius 3 is 2.36 bits per heavy atom. The van der Waals surface area contributed by atoms with Crippen molar-refractivity contribution in [2.45, 2.75) is 20.3 Å². The van der Waals surface area contributed by atoms with E-state index < -0.39 is 5.97 Å². The molecule has 0 heterocycles. The van der Waals surface area contributed by atoms with Crippen molar-refractivity contribution in [2.75, 3.05) is 0 Å². The molecule has 0 saturated heterocycles. The van der Waals surface area contributed by atoms with Crippen LogP contribution in [0.3, 0.4) is 0 Å². The van der Waals surface area contributed by atoms with Gasteiger partial charge in [-0.05, 0) is 36.6 Å². The van der Waals surface area contributed by atoms with Gasteiger partial charge in [0.05, 0.1) is 6.42 Å². The first-order valence-corrected chi connectivity index (χ1v) is 4.16. The number of hydrogen-bond donors (Lipinski definition) is 3. The molecule has 4 nitrogen and oxygen atoms in total. The fourth-order valence-electron chi connectivity index (χ4n) is 1.30. The highest BCUT2D eigenvalue weighted by molar-refractivity contribution is 5.72. The van der Waals surface area contributed by atoms with E-state index in [1.54, 1.807) is 13.8 Å². The highest BCUT2D eigenvalue weighted by Gasteiger charge is 2.12. The van der Waals surface area contributed by atoms with Gasteiger partial charge >= 0.3 is 5.97 Å². The fraction of sp³-hybridized carbons (Fsp3) is 0.300. The minimum atomic E-state index is -0.961. The van der Waals surface area contributed by atoms with Crippen LogP contribution in [-0.4, -0.2) is 21.3 Å². The zero-order chi connectivity index (χ0) is 10.9. The Kier molecular flexibility index (Phi) is 2.65. The predicted octanol–water partition coefficient (Wildman–Crippen LogP) is 1.34. The minimum absolute atomic E-state index is 0.152. The first-order valence-electron chi connectivity index (χ1n) is 4.16. The Labute approximate surface area is 81.4 Å². The second-order valence-corrected chi connectivity index (χ2v) is 3.22. The summed E-state index contributed by atoms with van der Waals surface area (Å²) in [5.41, 5.74) is 1.73. The summed E-state index contributed by atoms with van der Waals surface area (Å²) in [4.78, 5) is 10.5. The van der Waals surface area contributed by atoms with Gasteiger partial charge in [-0.25, -0.2) is 0 Å². The van der Waals surface area contributed by atoms with Crippen molar-refractivity contribution < 1.29 is 20.1 Å². The lowest BCUT2D eigenvalue weighted by atomic mass is 9.99. The third-order valence-corrected chi connectivity index (χ3v) is 2.29. The van der Waals surface area contributed by atoms with E-state index >= 15 is 0 Å². The largest absolute Gasteiger partial charge is 0.504 e. The maximum Gasteiger partial charge on any atom is 0.307 e. The van der Waals surface area contributed by atoms with Crippen LogP contribution in [0.5, 0.6) is 11.5 Å². The second kappa shape index (κ2) is 3.57. The highest BCUT2D eigenvalue weighted by Crippen LogP contribution is 2.33. The van der Waals surface area contributed by atoms with Crippen LogP contribution in [0.1, 0.15) is 16.7 Å². The van der Waals surface area contributed by atoms with E-state index in [2.05, 4.69) is 0 Å². The van der Waals surface area contributed by atoms with Gasteiger partial charge in [-0.3, -0.25) is 4.79 Å². The SMILES string of the molecule is Cc1c(CC(=O)O)cc(O)c(O)c1C. The van der Waals surface area contributed by atoms with Crippen molar-refractivity contribution in [2.24, 2.45) is 0 Å². The monoisotopic (exact) mass is 196 g/mol. The number of rotatable bonds is 2. The minimum Gasteiger partial charge on any atom is -0.504 e. The summed E-state index contributed by atoms with van der Waals surface area (Å²) >= 11 is 0. The van der Waals surface area contributed by atoms with Gasteiger partial charge in [-0.1, -0.05) is 0 Å². The zero-order valence-corrected chi connectivity index (χ0v) is 8.03. The molecule has 0 radical (unpaired) electrons. The number of aliphatic carboxylic acids is 1. The normalized spacial score (nSPS) is 10.1. The third kappa shape index (κ3) is 1.79. The van der Waals surface area contributed by atoms with E-state index in [9.17, 15) is 15.0 Å². The van der Waals surface area contributed by atoms with E-state index in [0.29, 0.717) is 16.7 Å². The summed E-state index contributed by atoms with van der Waals surface area (Å²) in [5, 5.41) is 27.2. The van der Waals surface area contributed by atoms with Gasteiger partial charge in [0.25, 0.3) is 0 Å². The van der Waals surface area contributed by atoms with Crippen LogP contribution in [-0.2, 0) is 11.2 Å². The van der Waals surface area contributed by atoms with Crippen molar-refractivity contribution in [1.29, 1.82) is 0 Å². The number of aromatic hydroxyl groups is 2. The number of phenols is 2. The summed E-state index contributed by atoms with van der Waals surface area (Å²) in [6, 6.07) is 1.28. The molecule has 0 bridgehead atoms. The lowest BCUT2D eigenvalue weighted by molar-refractivity contribution is -0.136. The van der Waals surface area contributed by atoms with Crippen LogP contribution >= 0.6 is 0 Å². The molecule has 1 aromatic rings. The molecule has 4 heteroatoms. The van der Waals surface area contributed by atoms with Gasteiger partial charge in [-0.2, -0.15) is 0 Å². The molecule has 1 aromatic carbocycles. The molecule has 0 aliphatic heterocycles. The molecule has 0 fully saturated rings. The number of benzene rings is 1. The third-order valence-electron chi connectivity index (χ3n) is 2.29. The average Bonchev–Trinajstić information content (AvgIpc) is 2.10. The smallest absolute Gasteiger partial charge is 0.307 e. The Hall–Kier alpha value is -1.71. The van der Waals surface area contributed by atoms with Gasteiger partial charge in [0.2, 0.25) is 0 Å². The topological polar surface area (TPSA) is 77.8 Å². The van der Waals surface area contributed by atoms with Crippen molar-refractivity contribution in [1.82, 2.24) is 0 Å². The summed E-state index contributed by atoms with van der Waals surface area (Å²) in [6.07, 6.45) is -0.152. The Balaban J connectivity index is 3.25. The fourth-order valence-corrected chi connectivity index (χ4v) is 1.30. The number of carboxylic acid groups (broad SMARTS) is 1. The summed E-state index contributed by atoms with van der Waals surface area (Å²) in [5.74, 6) is -1.42. The predicted molar refractivity (Wildman–Crippen MR) is 50.6 cm³/mol. The second-order valence-electron chi connectivity index (χ2n) is 3.22. The number of phenolic OH excluding ortho intramolecular Hbond substituents is 2. The molecule has 76 valence electrons. The van der Waals surface area contributed by atoms with Crippen LogP contribution in [0.2, 0.25) is 0 Å². The average molecular weight is 196 g/mol. The van der Waals surface area contributed by atoms with Crippen molar-refractivity contribution in [3.8, 4) is 11.5 Å². The van der Waals surface area contributed by atoms with Crippen molar-refractivity contribution in [3.63, 3.8) is 0 Å². The Morgan fingerprint density at radius 1 is 1.29 bits per heavy atom. The summed E-state index contributed by atoms with van der Waals surface area (Å²) < 4.78 is 0. The van der Waals surface area contributed by atoms with Crippen molar-refractivity contribution >= 4 is 5.97 Å². The number of hydrogen-bond acceptors (Lipinski definition) is 3. The van der Waals surface area contributed by atoms with E-state index in [0.717, 1.165) is 0 Å². The van der Waals surface area contributed by atoms with Crippen molar-refractivity contribution in [3.05, 3.63) is 22.8 Å². The van der Waals surface area contributed by atoms with Gasteiger partial charge in [0.1, 0.15) is 0 Å². The molecule has 0 amide bonds. The zero-order valence-electron chi connectivity index (χ0n) is 8.03. The first-order chi connectivity index (χ1) is 6.43. The van der Waals surface area contributed by atoms with E-state index in [1.165, 1.54) is 6.07 Å². The molecule has 0 aromatic heterocycles. The molecule has 0 atom stereocenters. The molecule has 0 spiro atoms. The van der Waals surface area contributed by atoms with Crippen LogP contribution in [0.15, 0.2) is 6.07 Å². The molecule has 0 unspecified atom stereocenters. The highest BCUT2D eigenvalue weighted by atomic mass is 16.4. The lowest BCUT2D eigenvalue weighted by Crippen LogP contribution is -2.03. The molecular weight excluding hydrogens is 184 g/mol. The molecular formula is C10H12O4. The molecule has 3 N–H and O–H groups in total. The Bertz CT molecular complexity index is 382. The maximum absolute atomic E-state index is 10.5. The summed E-state index contributed by atoms with van der Waals surface area (Å²) in [6.45, 7) is 3.35. The van der Waals surface area contributed by atoms with E-state index in [4.69, 9.17) is 5.11 Å². The molecule has 14 heavy (non-hydrogen) atoms. The Morgan fingerprint density at radius 2 is 1.86 bits per heavy atom. The van der Waals surface area contributed by atoms with Crippen LogP contribution in [0.25, 0.3) is 0 Å².